The first kappa shape index (κ1) is 17.8. The van der Waals surface area contributed by atoms with Gasteiger partial charge in [-0.1, -0.05) is 25.5 Å². The second-order valence-corrected chi connectivity index (χ2v) is 4.96. The minimum Gasteiger partial charge on any atom is -0.493 e. The van der Waals surface area contributed by atoms with Gasteiger partial charge in [0.2, 0.25) is 0 Å². The van der Waals surface area contributed by atoms with Gasteiger partial charge in [0.15, 0.2) is 11.5 Å². The third-order valence-electron chi connectivity index (χ3n) is 3.15. The molecule has 2 N–H and O–H groups in total. The average molecular weight is 297 g/mol. The van der Waals surface area contributed by atoms with Gasteiger partial charge < -0.3 is 24.6 Å². The van der Waals surface area contributed by atoms with Gasteiger partial charge in [0, 0.05) is 19.7 Å². The summed E-state index contributed by atoms with van der Waals surface area (Å²) in [4.78, 5) is 0. The Morgan fingerprint density at radius 3 is 2.48 bits per heavy atom. The molecule has 0 aliphatic rings. The van der Waals surface area contributed by atoms with E-state index in [1.165, 1.54) is 0 Å². The van der Waals surface area contributed by atoms with Gasteiger partial charge in [0.25, 0.3) is 0 Å². The Balaban J connectivity index is 2.34. The Bertz CT molecular complexity index is 380. The standard InChI is InChI=1S/C16H27NO4/c1-4-7-13(11-19-2)17-10-14(18)12-21-16-9-6-5-8-15(16)20-3/h5-6,8-9,13-14,17-18H,4,7,10-12H2,1-3H3. The predicted molar refractivity (Wildman–Crippen MR) is 83.1 cm³/mol. The smallest absolute Gasteiger partial charge is 0.161 e. The van der Waals surface area contributed by atoms with Crippen molar-refractivity contribution in [3.63, 3.8) is 0 Å². The lowest BCUT2D eigenvalue weighted by atomic mass is 10.2. The van der Waals surface area contributed by atoms with E-state index in [0.717, 1.165) is 12.8 Å². The van der Waals surface area contributed by atoms with Crippen LogP contribution in [0.5, 0.6) is 11.5 Å². The highest BCUT2D eigenvalue weighted by Gasteiger charge is 2.12. The van der Waals surface area contributed by atoms with E-state index < -0.39 is 6.10 Å². The van der Waals surface area contributed by atoms with Crippen molar-refractivity contribution in [1.29, 1.82) is 0 Å². The van der Waals surface area contributed by atoms with E-state index in [0.29, 0.717) is 24.7 Å². The molecule has 2 atom stereocenters. The Kier molecular flexibility index (Phi) is 8.82. The van der Waals surface area contributed by atoms with Crippen LogP contribution in [-0.2, 0) is 4.74 Å². The number of methoxy groups -OCH3 is 2. The third kappa shape index (κ3) is 6.80. The fourth-order valence-electron chi connectivity index (χ4n) is 2.08. The van der Waals surface area contributed by atoms with Crippen LogP contribution in [0.25, 0.3) is 0 Å². The van der Waals surface area contributed by atoms with Gasteiger partial charge in [-0.3, -0.25) is 0 Å². The monoisotopic (exact) mass is 297 g/mol. The fraction of sp³-hybridized carbons (Fsp3) is 0.625. The lowest BCUT2D eigenvalue weighted by molar-refractivity contribution is 0.0934. The number of para-hydroxylation sites is 2. The topological polar surface area (TPSA) is 60.0 Å². The molecule has 0 spiro atoms. The Morgan fingerprint density at radius 1 is 1.14 bits per heavy atom. The summed E-state index contributed by atoms with van der Waals surface area (Å²) >= 11 is 0. The maximum atomic E-state index is 9.99. The van der Waals surface area contributed by atoms with Crippen LogP contribution in [0.2, 0.25) is 0 Å². The van der Waals surface area contributed by atoms with Gasteiger partial charge in [-0.25, -0.2) is 0 Å². The van der Waals surface area contributed by atoms with Gasteiger partial charge in [-0.15, -0.1) is 0 Å². The van der Waals surface area contributed by atoms with Crippen molar-refractivity contribution in [1.82, 2.24) is 5.32 Å². The summed E-state index contributed by atoms with van der Waals surface area (Å²) in [5.41, 5.74) is 0. The minimum absolute atomic E-state index is 0.221. The molecule has 5 heteroatoms. The highest BCUT2D eigenvalue weighted by atomic mass is 16.5. The minimum atomic E-state index is -0.578. The molecule has 0 saturated carbocycles. The van der Waals surface area contributed by atoms with Crippen molar-refractivity contribution in [2.24, 2.45) is 0 Å². The van der Waals surface area contributed by atoms with Gasteiger partial charge >= 0.3 is 0 Å². The normalized spacial score (nSPS) is 13.7. The molecule has 0 amide bonds. The summed E-state index contributed by atoms with van der Waals surface area (Å²) in [6, 6.07) is 7.67. The molecule has 0 radical (unpaired) electrons. The number of hydrogen-bond acceptors (Lipinski definition) is 5. The number of ether oxygens (including phenoxy) is 3. The van der Waals surface area contributed by atoms with Gasteiger partial charge in [-0.05, 0) is 18.6 Å². The van der Waals surface area contributed by atoms with Crippen LogP contribution in [0.4, 0.5) is 0 Å². The molecule has 0 aliphatic carbocycles. The van der Waals surface area contributed by atoms with Crippen molar-refractivity contribution >= 4 is 0 Å². The Morgan fingerprint density at radius 2 is 1.86 bits per heavy atom. The van der Waals surface area contributed by atoms with Crippen LogP contribution in [0.3, 0.4) is 0 Å². The number of aliphatic hydroxyl groups excluding tert-OH is 1. The summed E-state index contributed by atoms with van der Waals surface area (Å²) in [6.45, 7) is 3.47. The molecule has 1 aromatic rings. The molecular weight excluding hydrogens is 270 g/mol. The molecule has 1 aromatic carbocycles. The van der Waals surface area contributed by atoms with Crippen molar-refractivity contribution in [2.45, 2.75) is 31.9 Å². The number of hydrogen-bond donors (Lipinski definition) is 2. The fourth-order valence-corrected chi connectivity index (χ4v) is 2.08. The van der Waals surface area contributed by atoms with Gasteiger partial charge in [0.1, 0.15) is 12.7 Å². The molecule has 2 unspecified atom stereocenters. The highest BCUT2D eigenvalue weighted by molar-refractivity contribution is 5.39. The van der Waals surface area contributed by atoms with Crippen molar-refractivity contribution in [3.05, 3.63) is 24.3 Å². The van der Waals surface area contributed by atoms with Crippen LogP contribution >= 0.6 is 0 Å². The first-order valence-corrected chi connectivity index (χ1v) is 7.37. The maximum absolute atomic E-state index is 9.99. The summed E-state index contributed by atoms with van der Waals surface area (Å²) in [5, 5.41) is 13.3. The lowest BCUT2D eigenvalue weighted by Gasteiger charge is -2.20. The van der Waals surface area contributed by atoms with E-state index in [2.05, 4.69) is 12.2 Å². The summed E-state index contributed by atoms with van der Waals surface area (Å²) in [7, 11) is 3.28. The predicted octanol–water partition coefficient (Wildman–Crippen LogP) is 1.84. The first-order valence-electron chi connectivity index (χ1n) is 7.37. The second-order valence-electron chi connectivity index (χ2n) is 4.96. The molecule has 21 heavy (non-hydrogen) atoms. The van der Waals surface area contributed by atoms with E-state index in [1.54, 1.807) is 14.2 Å². The molecule has 1 rings (SSSR count). The Labute approximate surface area is 127 Å². The molecule has 0 heterocycles. The maximum Gasteiger partial charge on any atom is 0.161 e. The number of rotatable bonds is 11. The first-order chi connectivity index (χ1) is 10.2. The van der Waals surface area contributed by atoms with Crippen LogP contribution in [-0.4, -0.2) is 51.2 Å². The molecule has 0 saturated heterocycles. The van der Waals surface area contributed by atoms with Crippen LogP contribution < -0.4 is 14.8 Å². The SMILES string of the molecule is CCCC(COC)NCC(O)COc1ccccc1OC. The Hall–Kier alpha value is -1.30. The quantitative estimate of drug-likeness (QED) is 0.652. The summed E-state index contributed by atoms with van der Waals surface area (Å²) < 4.78 is 16.0. The number of benzene rings is 1. The van der Waals surface area contributed by atoms with Crippen molar-refractivity contribution in [2.75, 3.05) is 34.0 Å². The molecular formula is C16H27NO4. The van der Waals surface area contributed by atoms with Crippen molar-refractivity contribution < 1.29 is 19.3 Å². The molecule has 0 aromatic heterocycles. The third-order valence-corrected chi connectivity index (χ3v) is 3.15. The van der Waals surface area contributed by atoms with E-state index in [9.17, 15) is 5.11 Å². The van der Waals surface area contributed by atoms with E-state index in [-0.39, 0.29) is 12.6 Å². The lowest BCUT2D eigenvalue weighted by Crippen LogP contribution is -2.40. The molecule has 120 valence electrons. The van der Waals surface area contributed by atoms with Crippen LogP contribution in [0.15, 0.2) is 24.3 Å². The number of aliphatic hydroxyl groups is 1. The summed E-state index contributed by atoms with van der Waals surface area (Å²) in [6.07, 6.45) is 1.52. The zero-order valence-corrected chi connectivity index (χ0v) is 13.2. The van der Waals surface area contributed by atoms with Crippen LogP contribution in [0, 0.1) is 0 Å². The largest absolute Gasteiger partial charge is 0.493 e. The van der Waals surface area contributed by atoms with Gasteiger partial charge in [-0.2, -0.15) is 0 Å². The molecule has 0 fully saturated rings. The molecule has 0 bridgehead atoms. The average Bonchev–Trinajstić information content (AvgIpc) is 2.51. The van der Waals surface area contributed by atoms with Crippen molar-refractivity contribution in [3.8, 4) is 11.5 Å². The molecule has 5 nitrogen and oxygen atoms in total. The molecule has 0 aliphatic heterocycles. The second kappa shape index (κ2) is 10.4. The highest BCUT2D eigenvalue weighted by Crippen LogP contribution is 2.25. The zero-order chi connectivity index (χ0) is 15.5. The van der Waals surface area contributed by atoms with E-state index >= 15 is 0 Å². The van der Waals surface area contributed by atoms with E-state index in [1.807, 2.05) is 24.3 Å². The number of nitrogens with one attached hydrogen (secondary N) is 1. The zero-order valence-electron chi connectivity index (χ0n) is 13.2. The van der Waals surface area contributed by atoms with Crippen LogP contribution in [0.1, 0.15) is 19.8 Å². The summed E-state index contributed by atoms with van der Waals surface area (Å²) in [5.74, 6) is 1.31. The van der Waals surface area contributed by atoms with Gasteiger partial charge in [0.05, 0.1) is 13.7 Å². The van der Waals surface area contributed by atoms with E-state index in [4.69, 9.17) is 14.2 Å².